The number of unbranched alkanes of at least 4 members (excludes halogenated alkanes) is 1. The summed E-state index contributed by atoms with van der Waals surface area (Å²) in [5, 5.41) is 4.11. The van der Waals surface area contributed by atoms with Gasteiger partial charge in [-0.15, -0.1) is 0 Å². The minimum atomic E-state index is 0.563. The molecular weight excluding hydrogens is 234 g/mol. The molecule has 0 aromatic carbocycles. The molecule has 0 amide bonds. The van der Waals surface area contributed by atoms with E-state index < -0.39 is 0 Å². The molecule has 0 atom stereocenters. The van der Waals surface area contributed by atoms with Crippen molar-refractivity contribution in [2.24, 2.45) is 0 Å². The largest absolute Gasteiger partial charge is 0.344 e. The third kappa shape index (κ3) is 3.58. The first kappa shape index (κ1) is 12.7. The van der Waals surface area contributed by atoms with Gasteiger partial charge in [-0.3, -0.25) is 0 Å². The van der Waals surface area contributed by atoms with E-state index in [1.54, 1.807) is 0 Å². The molecule has 2 N–H and O–H groups in total. The van der Waals surface area contributed by atoms with Gasteiger partial charge >= 0.3 is 0 Å². The second kappa shape index (κ2) is 6.22. The molecule has 0 aliphatic heterocycles. The SMILES string of the molecule is CCCCc1nc(Cl)c(CNC2CC=CC2)[nH]1. The van der Waals surface area contributed by atoms with Crippen LogP contribution in [0, 0.1) is 0 Å². The highest BCUT2D eigenvalue weighted by Gasteiger charge is 2.12. The standard InChI is InChI=1S/C13H20ClN3/c1-2-3-8-12-16-11(13(14)17-12)9-15-10-6-4-5-7-10/h4-5,10,15H,2-3,6-9H2,1H3,(H,16,17). The zero-order valence-electron chi connectivity index (χ0n) is 10.3. The van der Waals surface area contributed by atoms with Gasteiger partial charge in [0.2, 0.25) is 0 Å². The van der Waals surface area contributed by atoms with E-state index >= 15 is 0 Å². The number of rotatable bonds is 6. The van der Waals surface area contributed by atoms with E-state index in [1.807, 2.05) is 0 Å². The number of aromatic amines is 1. The predicted octanol–water partition coefficient (Wildman–Crippen LogP) is 3.21. The quantitative estimate of drug-likeness (QED) is 0.765. The molecular formula is C13H20ClN3. The van der Waals surface area contributed by atoms with Crippen molar-refractivity contribution >= 4 is 11.6 Å². The Kier molecular flexibility index (Phi) is 4.63. The maximum absolute atomic E-state index is 6.11. The maximum atomic E-state index is 6.11. The highest BCUT2D eigenvalue weighted by molar-refractivity contribution is 6.30. The fourth-order valence-electron chi connectivity index (χ4n) is 2.05. The Hall–Kier alpha value is -0.800. The number of aryl methyl sites for hydroxylation is 1. The smallest absolute Gasteiger partial charge is 0.151 e. The van der Waals surface area contributed by atoms with Crippen molar-refractivity contribution in [3.05, 3.63) is 28.8 Å². The van der Waals surface area contributed by atoms with Crippen LogP contribution in [0.15, 0.2) is 12.2 Å². The van der Waals surface area contributed by atoms with Crippen LogP contribution in [0.2, 0.25) is 5.15 Å². The normalized spacial score (nSPS) is 15.9. The molecule has 4 heteroatoms. The van der Waals surface area contributed by atoms with Crippen LogP contribution in [-0.4, -0.2) is 16.0 Å². The Morgan fingerprint density at radius 1 is 1.47 bits per heavy atom. The first-order valence-electron chi connectivity index (χ1n) is 6.41. The molecule has 3 nitrogen and oxygen atoms in total. The van der Waals surface area contributed by atoms with Crippen molar-refractivity contribution in [3.8, 4) is 0 Å². The molecule has 1 heterocycles. The molecule has 17 heavy (non-hydrogen) atoms. The van der Waals surface area contributed by atoms with Crippen LogP contribution in [-0.2, 0) is 13.0 Å². The lowest BCUT2D eigenvalue weighted by Gasteiger charge is -2.10. The van der Waals surface area contributed by atoms with E-state index in [-0.39, 0.29) is 0 Å². The van der Waals surface area contributed by atoms with Gasteiger partial charge in [-0.1, -0.05) is 37.1 Å². The van der Waals surface area contributed by atoms with E-state index in [1.165, 1.54) is 6.42 Å². The third-order valence-corrected chi connectivity index (χ3v) is 3.43. The van der Waals surface area contributed by atoms with Crippen LogP contribution in [0.3, 0.4) is 0 Å². The lowest BCUT2D eigenvalue weighted by molar-refractivity contribution is 0.533. The lowest BCUT2D eigenvalue weighted by Crippen LogP contribution is -2.25. The van der Waals surface area contributed by atoms with E-state index in [0.717, 1.165) is 43.7 Å². The van der Waals surface area contributed by atoms with Gasteiger partial charge in [-0.25, -0.2) is 4.98 Å². The summed E-state index contributed by atoms with van der Waals surface area (Å²) in [5.41, 5.74) is 1.02. The van der Waals surface area contributed by atoms with Gasteiger partial charge in [-0.05, 0) is 19.3 Å². The van der Waals surface area contributed by atoms with Gasteiger partial charge in [0, 0.05) is 19.0 Å². The van der Waals surface area contributed by atoms with Gasteiger partial charge in [0.15, 0.2) is 5.15 Å². The number of hydrogen-bond acceptors (Lipinski definition) is 2. The molecule has 0 saturated carbocycles. The summed E-state index contributed by atoms with van der Waals surface area (Å²) in [4.78, 5) is 7.66. The van der Waals surface area contributed by atoms with Gasteiger partial charge < -0.3 is 10.3 Å². The number of halogens is 1. The van der Waals surface area contributed by atoms with Crippen molar-refractivity contribution in [2.75, 3.05) is 0 Å². The van der Waals surface area contributed by atoms with E-state index in [2.05, 4.69) is 34.4 Å². The third-order valence-electron chi connectivity index (χ3n) is 3.12. The van der Waals surface area contributed by atoms with Crippen LogP contribution < -0.4 is 5.32 Å². The zero-order valence-corrected chi connectivity index (χ0v) is 11.1. The van der Waals surface area contributed by atoms with Gasteiger partial charge in [-0.2, -0.15) is 0 Å². The first-order chi connectivity index (χ1) is 8.29. The highest BCUT2D eigenvalue weighted by Crippen LogP contribution is 2.16. The van der Waals surface area contributed by atoms with Gasteiger partial charge in [0.25, 0.3) is 0 Å². The molecule has 0 saturated heterocycles. The first-order valence-corrected chi connectivity index (χ1v) is 6.79. The van der Waals surface area contributed by atoms with Gasteiger partial charge in [0.1, 0.15) is 5.82 Å². The van der Waals surface area contributed by atoms with Crippen molar-refractivity contribution < 1.29 is 0 Å². The summed E-state index contributed by atoms with van der Waals surface area (Å²) in [6, 6.07) is 0.563. The average molecular weight is 254 g/mol. The van der Waals surface area contributed by atoms with E-state index in [0.29, 0.717) is 11.2 Å². The molecule has 1 aliphatic rings. The topological polar surface area (TPSA) is 40.7 Å². The molecule has 0 fully saturated rings. The van der Waals surface area contributed by atoms with E-state index in [4.69, 9.17) is 11.6 Å². The molecule has 0 radical (unpaired) electrons. The van der Waals surface area contributed by atoms with Crippen molar-refractivity contribution in [3.63, 3.8) is 0 Å². The maximum Gasteiger partial charge on any atom is 0.151 e. The summed E-state index contributed by atoms with van der Waals surface area (Å²) in [6.07, 6.45) is 10.0. The van der Waals surface area contributed by atoms with Crippen LogP contribution in [0.4, 0.5) is 0 Å². The molecule has 1 aliphatic carbocycles. The number of nitrogens with one attached hydrogen (secondary N) is 2. The molecule has 1 aromatic heterocycles. The summed E-state index contributed by atoms with van der Waals surface area (Å²) in [7, 11) is 0. The Morgan fingerprint density at radius 3 is 2.94 bits per heavy atom. The van der Waals surface area contributed by atoms with Crippen LogP contribution in [0.5, 0.6) is 0 Å². The number of aromatic nitrogens is 2. The average Bonchev–Trinajstić information content (AvgIpc) is 2.93. The fourth-order valence-corrected chi connectivity index (χ4v) is 2.27. The summed E-state index contributed by atoms with van der Waals surface area (Å²) in [6.45, 7) is 2.96. The Bertz CT molecular complexity index is 376. The minimum absolute atomic E-state index is 0.563. The number of hydrogen-bond donors (Lipinski definition) is 2. The fraction of sp³-hybridized carbons (Fsp3) is 0.615. The van der Waals surface area contributed by atoms with Crippen molar-refractivity contribution in [1.29, 1.82) is 0 Å². The van der Waals surface area contributed by atoms with Crippen molar-refractivity contribution in [2.45, 2.75) is 51.6 Å². The number of nitrogens with zero attached hydrogens (tertiary/aromatic N) is 1. The number of imidazole rings is 1. The van der Waals surface area contributed by atoms with Crippen molar-refractivity contribution in [1.82, 2.24) is 15.3 Å². The Morgan fingerprint density at radius 2 is 2.24 bits per heavy atom. The molecule has 2 rings (SSSR count). The van der Waals surface area contributed by atoms with Gasteiger partial charge in [0.05, 0.1) is 5.69 Å². The molecule has 0 unspecified atom stereocenters. The highest BCUT2D eigenvalue weighted by atomic mass is 35.5. The second-order valence-corrected chi connectivity index (χ2v) is 4.94. The molecule has 0 spiro atoms. The Labute approximate surface area is 108 Å². The predicted molar refractivity (Wildman–Crippen MR) is 71.2 cm³/mol. The monoisotopic (exact) mass is 253 g/mol. The Balaban J connectivity index is 1.84. The van der Waals surface area contributed by atoms with Crippen LogP contribution in [0.1, 0.15) is 44.1 Å². The summed E-state index contributed by atoms with van der Waals surface area (Å²) in [5.74, 6) is 1.01. The summed E-state index contributed by atoms with van der Waals surface area (Å²) < 4.78 is 0. The molecule has 1 aromatic rings. The lowest BCUT2D eigenvalue weighted by atomic mass is 10.2. The molecule has 94 valence electrons. The number of H-pyrrole nitrogens is 1. The van der Waals surface area contributed by atoms with Crippen LogP contribution >= 0.6 is 11.6 Å². The van der Waals surface area contributed by atoms with E-state index in [9.17, 15) is 0 Å². The van der Waals surface area contributed by atoms with Crippen LogP contribution in [0.25, 0.3) is 0 Å². The molecule has 0 bridgehead atoms. The second-order valence-electron chi connectivity index (χ2n) is 4.58. The zero-order chi connectivity index (χ0) is 12.1. The minimum Gasteiger partial charge on any atom is -0.344 e. The summed E-state index contributed by atoms with van der Waals surface area (Å²) >= 11 is 6.11.